The topological polar surface area (TPSA) is 55.4 Å². The number of rotatable bonds is 4. The fourth-order valence-electron chi connectivity index (χ4n) is 2.82. The van der Waals surface area contributed by atoms with Crippen molar-refractivity contribution in [3.8, 4) is 5.75 Å². The third-order valence-electron chi connectivity index (χ3n) is 3.90. The average Bonchev–Trinajstić information content (AvgIpc) is 2.85. The van der Waals surface area contributed by atoms with Crippen LogP contribution in [0.25, 0.3) is 0 Å². The van der Waals surface area contributed by atoms with Crippen LogP contribution < -0.4 is 10.1 Å². The van der Waals surface area contributed by atoms with Crippen LogP contribution in [-0.2, 0) is 4.79 Å². The zero-order chi connectivity index (χ0) is 17.3. The molecule has 0 spiro atoms. The summed E-state index contributed by atoms with van der Waals surface area (Å²) in [6.45, 7) is 1.52. The van der Waals surface area contributed by atoms with Crippen molar-refractivity contribution < 1.29 is 18.7 Å². The Morgan fingerprint density at radius 1 is 1.29 bits per heavy atom. The normalized spacial score (nSPS) is 16.0. The summed E-state index contributed by atoms with van der Waals surface area (Å²) in [6, 6.07) is 9.30. The van der Waals surface area contributed by atoms with Gasteiger partial charge in [-0.05, 0) is 42.3 Å². The Balaban J connectivity index is 1.70. The van der Waals surface area contributed by atoms with E-state index in [2.05, 4.69) is 5.32 Å². The Hall–Kier alpha value is -2.40. The van der Waals surface area contributed by atoms with Crippen molar-refractivity contribution in [2.75, 3.05) is 11.9 Å². The molecule has 0 saturated carbocycles. The number of ketones is 1. The Kier molecular flexibility index (Phi) is 4.53. The molecule has 3 rings (SSSR count). The van der Waals surface area contributed by atoms with Gasteiger partial charge < -0.3 is 10.1 Å². The van der Waals surface area contributed by atoms with Gasteiger partial charge in [-0.2, -0.15) is 0 Å². The van der Waals surface area contributed by atoms with Crippen LogP contribution in [0.4, 0.5) is 10.1 Å². The zero-order valence-corrected chi connectivity index (χ0v) is 13.7. The van der Waals surface area contributed by atoms with E-state index in [1.807, 2.05) is 0 Å². The highest BCUT2D eigenvalue weighted by atomic mass is 35.5. The molecule has 0 unspecified atom stereocenters. The van der Waals surface area contributed by atoms with E-state index >= 15 is 0 Å². The number of ether oxygens (including phenoxy) is 1. The van der Waals surface area contributed by atoms with Crippen LogP contribution in [0.15, 0.2) is 36.4 Å². The lowest BCUT2D eigenvalue weighted by atomic mass is 10.0. The third-order valence-corrected chi connectivity index (χ3v) is 4.16. The fraction of sp³-hybridized carbons (Fsp3) is 0.222. The predicted molar refractivity (Wildman–Crippen MR) is 89.3 cm³/mol. The molecule has 124 valence electrons. The summed E-state index contributed by atoms with van der Waals surface area (Å²) in [5.41, 5.74) is 1.21. The van der Waals surface area contributed by atoms with E-state index in [0.717, 1.165) is 0 Å². The maximum absolute atomic E-state index is 13.9. The number of carbonyl (C=O) groups is 2. The van der Waals surface area contributed by atoms with Crippen LogP contribution in [0.1, 0.15) is 35.2 Å². The van der Waals surface area contributed by atoms with Gasteiger partial charge in [0.25, 0.3) is 5.91 Å². The summed E-state index contributed by atoms with van der Waals surface area (Å²) in [5, 5.41) is 3.23. The van der Waals surface area contributed by atoms with E-state index in [4.69, 9.17) is 16.3 Å². The van der Waals surface area contributed by atoms with Crippen LogP contribution in [0, 0.1) is 5.82 Å². The first-order chi connectivity index (χ1) is 11.5. The van der Waals surface area contributed by atoms with Crippen LogP contribution in [0.3, 0.4) is 0 Å². The molecule has 1 aliphatic rings. The molecular formula is C18H15ClFNO3. The first-order valence-corrected chi connectivity index (χ1v) is 7.87. The molecule has 2 aromatic rings. The number of anilines is 1. The van der Waals surface area contributed by atoms with Gasteiger partial charge in [0, 0.05) is 22.7 Å². The number of Topliss-reactive ketones (excluding diaryl/α,β-unsaturated/α-hetero) is 1. The molecule has 1 N–H and O–H groups in total. The number of hydrogen-bond donors (Lipinski definition) is 1. The molecule has 24 heavy (non-hydrogen) atoms. The molecular weight excluding hydrogens is 333 g/mol. The van der Waals surface area contributed by atoms with Crippen LogP contribution >= 0.6 is 11.6 Å². The minimum atomic E-state index is -0.415. The number of benzene rings is 2. The molecule has 1 aliphatic carbocycles. The van der Waals surface area contributed by atoms with E-state index in [1.165, 1.54) is 12.1 Å². The van der Waals surface area contributed by atoms with Crippen molar-refractivity contribution in [2.45, 2.75) is 19.3 Å². The summed E-state index contributed by atoms with van der Waals surface area (Å²) >= 11 is 5.78. The van der Waals surface area contributed by atoms with Gasteiger partial charge in [-0.1, -0.05) is 18.5 Å². The van der Waals surface area contributed by atoms with Crippen molar-refractivity contribution in [1.82, 2.24) is 0 Å². The van der Waals surface area contributed by atoms with E-state index in [0.29, 0.717) is 16.3 Å². The molecule has 2 aromatic carbocycles. The average molecular weight is 348 g/mol. The summed E-state index contributed by atoms with van der Waals surface area (Å²) in [4.78, 5) is 24.0. The van der Waals surface area contributed by atoms with Crippen molar-refractivity contribution >= 4 is 29.0 Å². The highest BCUT2D eigenvalue weighted by molar-refractivity contribution is 6.30. The van der Waals surface area contributed by atoms with Crippen molar-refractivity contribution in [1.29, 1.82) is 0 Å². The molecule has 0 aliphatic heterocycles. The monoisotopic (exact) mass is 347 g/mol. The molecule has 0 saturated heterocycles. The lowest BCUT2D eigenvalue weighted by Crippen LogP contribution is -2.20. The minimum Gasteiger partial charge on any atom is -0.483 e. The molecule has 6 heteroatoms. The van der Waals surface area contributed by atoms with Crippen LogP contribution in [-0.4, -0.2) is 18.3 Å². The summed E-state index contributed by atoms with van der Waals surface area (Å²) in [5.74, 6) is -0.897. The van der Waals surface area contributed by atoms with Gasteiger partial charge in [0.05, 0.1) is 5.56 Å². The number of halogens is 2. The number of amides is 1. The quantitative estimate of drug-likeness (QED) is 0.902. The number of hydrogen-bond acceptors (Lipinski definition) is 3. The predicted octanol–water partition coefficient (Wildman–Crippen LogP) is 4.19. The number of carbonyl (C=O) groups excluding carboxylic acids is 2. The second-order valence-corrected chi connectivity index (χ2v) is 6.14. The third kappa shape index (κ3) is 3.26. The first-order valence-electron chi connectivity index (χ1n) is 7.49. The standard InChI is InChI=1S/C18H15ClFNO3/c1-10-8-14(22)18-15(7-6-13(20)17(10)18)24-9-16(23)21-12-4-2-11(19)3-5-12/h2-7,10H,8-9H2,1H3,(H,21,23)/t10-/m1/s1. The van der Waals surface area contributed by atoms with E-state index in [1.54, 1.807) is 31.2 Å². The molecule has 1 amide bonds. The van der Waals surface area contributed by atoms with E-state index < -0.39 is 5.82 Å². The smallest absolute Gasteiger partial charge is 0.262 e. The number of fused-ring (bicyclic) bond motifs is 1. The van der Waals surface area contributed by atoms with Crippen molar-refractivity contribution in [2.24, 2.45) is 0 Å². The highest BCUT2D eigenvalue weighted by Gasteiger charge is 2.32. The van der Waals surface area contributed by atoms with Gasteiger partial charge in [0.2, 0.25) is 0 Å². The second-order valence-electron chi connectivity index (χ2n) is 5.71. The summed E-state index contributed by atoms with van der Waals surface area (Å²) in [6.07, 6.45) is 0.254. The lowest BCUT2D eigenvalue weighted by molar-refractivity contribution is -0.118. The molecule has 0 aromatic heterocycles. The van der Waals surface area contributed by atoms with Gasteiger partial charge in [-0.15, -0.1) is 0 Å². The molecule has 0 radical (unpaired) electrons. The molecule has 4 nitrogen and oxygen atoms in total. The molecule has 1 atom stereocenters. The first kappa shape index (κ1) is 16.5. The van der Waals surface area contributed by atoms with Crippen molar-refractivity contribution in [3.63, 3.8) is 0 Å². The van der Waals surface area contributed by atoms with Gasteiger partial charge >= 0.3 is 0 Å². The Bertz CT molecular complexity index is 805. The Labute approximate surface area is 143 Å². The molecule has 0 bridgehead atoms. The summed E-state index contributed by atoms with van der Waals surface area (Å²) in [7, 11) is 0. The molecule has 0 fully saturated rings. The van der Waals surface area contributed by atoms with Gasteiger partial charge in [0.1, 0.15) is 11.6 Å². The minimum absolute atomic E-state index is 0.162. The Morgan fingerprint density at radius 3 is 2.71 bits per heavy atom. The van der Waals surface area contributed by atoms with E-state index in [-0.39, 0.29) is 41.9 Å². The van der Waals surface area contributed by atoms with Gasteiger partial charge in [-0.3, -0.25) is 9.59 Å². The second kappa shape index (κ2) is 6.61. The lowest BCUT2D eigenvalue weighted by Gasteiger charge is -2.12. The van der Waals surface area contributed by atoms with Gasteiger partial charge in [-0.25, -0.2) is 4.39 Å². The fourth-order valence-corrected chi connectivity index (χ4v) is 2.95. The molecule has 0 heterocycles. The highest BCUT2D eigenvalue weighted by Crippen LogP contribution is 2.39. The Morgan fingerprint density at radius 2 is 2.00 bits per heavy atom. The maximum Gasteiger partial charge on any atom is 0.262 e. The number of nitrogens with one attached hydrogen (secondary N) is 1. The maximum atomic E-state index is 13.9. The van der Waals surface area contributed by atoms with Crippen LogP contribution in [0.2, 0.25) is 5.02 Å². The summed E-state index contributed by atoms with van der Waals surface area (Å²) < 4.78 is 19.4. The van der Waals surface area contributed by atoms with Crippen LogP contribution in [0.5, 0.6) is 5.75 Å². The largest absolute Gasteiger partial charge is 0.483 e. The van der Waals surface area contributed by atoms with E-state index in [9.17, 15) is 14.0 Å². The SMILES string of the molecule is C[C@@H]1CC(=O)c2c(OCC(=O)Nc3ccc(Cl)cc3)ccc(F)c21. The van der Waals surface area contributed by atoms with Gasteiger partial charge in [0.15, 0.2) is 12.4 Å². The zero-order valence-electron chi connectivity index (χ0n) is 12.9. The van der Waals surface area contributed by atoms with Crippen molar-refractivity contribution in [3.05, 3.63) is 58.4 Å².